The molecule has 0 aliphatic heterocycles. The van der Waals surface area contributed by atoms with Crippen LogP contribution in [0, 0.1) is 33.1 Å². The lowest BCUT2D eigenvalue weighted by molar-refractivity contribution is -0.137. The molecule has 0 radical (unpaired) electrons. The molecule has 0 heterocycles. The van der Waals surface area contributed by atoms with Gasteiger partial charge in [-0.3, -0.25) is 13.9 Å². The monoisotopic (exact) mass is 552 g/mol. The number of carboxylic acids is 2. The molecule has 3 rings (SSSR count). The number of sulfonamides is 1. The minimum absolute atomic E-state index is 0.0132. The Morgan fingerprint density at radius 1 is 1.00 bits per heavy atom. The molecule has 0 spiro atoms. The lowest BCUT2D eigenvalue weighted by Gasteiger charge is -2.32. The number of hydrogen-bond acceptors (Lipinski definition) is 6. The number of benzene rings is 3. The summed E-state index contributed by atoms with van der Waals surface area (Å²) in [6, 6.07) is 11.3. The fraction of sp³-hybridized carbons (Fsp3) is 0.310. The Hall–Kier alpha value is -4.23. The number of nitrogens with zero attached hydrogens (tertiary/aromatic N) is 2. The fourth-order valence-corrected chi connectivity index (χ4v) is 6.76. The van der Waals surface area contributed by atoms with Gasteiger partial charge in [0, 0.05) is 22.5 Å². The first-order valence-corrected chi connectivity index (χ1v) is 13.6. The summed E-state index contributed by atoms with van der Waals surface area (Å²) in [6.45, 7) is 6.12. The van der Waals surface area contributed by atoms with Crippen LogP contribution in [0.1, 0.15) is 30.0 Å². The van der Waals surface area contributed by atoms with Crippen LogP contribution in [0.5, 0.6) is 5.75 Å². The van der Waals surface area contributed by atoms with Crippen LogP contribution in [0.25, 0.3) is 10.8 Å². The van der Waals surface area contributed by atoms with Crippen molar-refractivity contribution in [3.8, 4) is 18.1 Å². The standard InChI is InChI=1S/C29H32N2O7S/c1-7-14-30(19(3)16-27(32)33)24-12-13-25(23-11-9-8-10-22(23)24)31(17-28(34)35)39(36,37)29-18(2)15-26(38-6)20(4)21(29)5/h1,8-13,15,19H,14,16-17H2,2-6H3,(H,32,33)(H,34,35)/t19-/m0/s1. The van der Waals surface area contributed by atoms with Gasteiger partial charge in [-0.05, 0) is 62.6 Å². The van der Waals surface area contributed by atoms with Gasteiger partial charge in [0.25, 0.3) is 10.0 Å². The van der Waals surface area contributed by atoms with E-state index in [1.165, 1.54) is 13.2 Å². The SMILES string of the molecule is C#CCN(c1ccc(N(CC(=O)O)S(=O)(=O)c2c(C)cc(OC)c(C)c2C)c2ccccc12)[C@@H](C)CC(=O)O. The van der Waals surface area contributed by atoms with E-state index in [4.69, 9.17) is 11.2 Å². The molecule has 3 aromatic carbocycles. The molecule has 0 fully saturated rings. The highest BCUT2D eigenvalue weighted by Gasteiger charge is 2.33. The number of anilines is 2. The topological polar surface area (TPSA) is 124 Å². The molecule has 0 saturated carbocycles. The fourth-order valence-electron chi connectivity index (χ4n) is 4.84. The van der Waals surface area contributed by atoms with Crippen molar-refractivity contribution in [3.05, 3.63) is 59.2 Å². The van der Waals surface area contributed by atoms with Gasteiger partial charge in [-0.1, -0.05) is 30.2 Å². The first kappa shape index (κ1) is 29.3. The van der Waals surface area contributed by atoms with Crippen molar-refractivity contribution in [2.75, 3.05) is 29.4 Å². The second-order valence-corrected chi connectivity index (χ2v) is 11.1. The molecule has 0 aromatic heterocycles. The molecule has 0 unspecified atom stereocenters. The predicted octanol–water partition coefficient (Wildman–Crippen LogP) is 4.36. The molecule has 1 atom stereocenters. The predicted molar refractivity (Wildman–Crippen MR) is 151 cm³/mol. The van der Waals surface area contributed by atoms with Gasteiger partial charge >= 0.3 is 11.9 Å². The highest BCUT2D eigenvalue weighted by Crippen LogP contribution is 2.39. The molecule has 9 nitrogen and oxygen atoms in total. The minimum Gasteiger partial charge on any atom is -0.496 e. The quantitative estimate of drug-likeness (QED) is 0.336. The second kappa shape index (κ2) is 11.7. The van der Waals surface area contributed by atoms with Crippen molar-refractivity contribution in [1.82, 2.24) is 0 Å². The van der Waals surface area contributed by atoms with E-state index >= 15 is 0 Å². The summed E-state index contributed by atoms with van der Waals surface area (Å²) in [4.78, 5) is 25.2. The van der Waals surface area contributed by atoms with Crippen LogP contribution in [0.4, 0.5) is 11.4 Å². The maximum absolute atomic E-state index is 14.2. The highest BCUT2D eigenvalue weighted by molar-refractivity contribution is 7.93. The summed E-state index contributed by atoms with van der Waals surface area (Å²) in [5.74, 6) is 0.790. The summed E-state index contributed by atoms with van der Waals surface area (Å²) in [5, 5.41) is 20.2. The van der Waals surface area contributed by atoms with Crippen LogP contribution >= 0.6 is 0 Å². The van der Waals surface area contributed by atoms with Gasteiger partial charge in [-0.15, -0.1) is 6.42 Å². The number of ether oxygens (including phenoxy) is 1. The van der Waals surface area contributed by atoms with Crippen LogP contribution < -0.4 is 13.9 Å². The zero-order valence-corrected chi connectivity index (χ0v) is 23.4. The molecule has 10 heteroatoms. The van der Waals surface area contributed by atoms with Crippen molar-refractivity contribution in [1.29, 1.82) is 0 Å². The average Bonchev–Trinajstić information content (AvgIpc) is 2.87. The van der Waals surface area contributed by atoms with Crippen LogP contribution in [0.15, 0.2) is 47.4 Å². The van der Waals surface area contributed by atoms with Crippen molar-refractivity contribution in [3.63, 3.8) is 0 Å². The Balaban J connectivity index is 2.30. The Bertz CT molecular complexity index is 1570. The third-order valence-corrected chi connectivity index (χ3v) is 8.80. The number of carbonyl (C=O) groups is 2. The summed E-state index contributed by atoms with van der Waals surface area (Å²) >= 11 is 0. The molecular weight excluding hydrogens is 520 g/mol. The Morgan fingerprint density at radius 3 is 2.13 bits per heavy atom. The van der Waals surface area contributed by atoms with Crippen molar-refractivity contribution in [2.45, 2.75) is 45.1 Å². The van der Waals surface area contributed by atoms with Gasteiger partial charge in [0.1, 0.15) is 12.3 Å². The number of rotatable bonds is 11. The van der Waals surface area contributed by atoms with E-state index < -0.39 is 34.5 Å². The van der Waals surface area contributed by atoms with Gasteiger partial charge in [0.2, 0.25) is 0 Å². The molecule has 2 N–H and O–H groups in total. The largest absolute Gasteiger partial charge is 0.496 e. The third-order valence-electron chi connectivity index (χ3n) is 6.75. The van der Waals surface area contributed by atoms with E-state index in [9.17, 15) is 28.2 Å². The van der Waals surface area contributed by atoms with E-state index in [1.54, 1.807) is 69.0 Å². The average molecular weight is 553 g/mol. The van der Waals surface area contributed by atoms with Gasteiger partial charge in [0.05, 0.1) is 30.7 Å². The van der Waals surface area contributed by atoms with Crippen LogP contribution in [0.3, 0.4) is 0 Å². The number of methoxy groups -OCH3 is 1. The van der Waals surface area contributed by atoms with Crippen molar-refractivity contribution >= 4 is 44.1 Å². The summed E-state index contributed by atoms with van der Waals surface area (Å²) in [6.07, 6.45) is 5.43. The summed E-state index contributed by atoms with van der Waals surface area (Å²) < 4.78 is 34.6. The number of hydrogen-bond donors (Lipinski definition) is 2. The molecule has 0 aliphatic rings. The molecule has 0 saturated heterocycles. The summed E-state index contributed by atoms with van der Waals surface area (Å²) in [7, 11) is -2.85. The maximum Gasteiger partial charge on any atom is 0.324 e. The molecule has 39 heavy (non-hydrogen) atoms. The number of aliphatic carboxylic acids is 2. The zero-order chi connectivity index (χ0) is 29.1. The van der Waals surface area contributed by atoms with Crippen molar-refractivity contribution < 1.29 is 33.0 Å². The first-order valence-electron chi connectivity index (χ1n) is 12.2. The number of carboxylic acid groups (broad SMARTS) is 2. The molecule has 3 aromatic rings. The molecular formula is C29H32N2O7S. The molecule has 0 bridgehead atoms. The van der Waals surface area contributed by atoms with Crippen LogP contribution in [-0.2, 0) is 19.6 Å². The zero-order valence-electron chi connectivity index (χ0n) is 22.6. The van der Waals surface area contributed by atoms with E-state index in [0.717, 1.165) is 4.31 Å². The third kappa shape index (κ3) is 5.78. The maximum atomic E-state index is 14.2. The first-order chi connectivity index (χ1) is 18.3. The number of aryl methyl sites for hydroxylation is 1. The molecule has 0 amide bonds. The van der Waals surface area contributed by atoms with Gasteiger partial charge in [-0.25, -0.2) is 8.42 Å². The Morgan fingerprint density at radius 2 is 1.59 bits per heavy atom. The lowest BCUT2D eigenvalue weighted by atomic mass is 10.0. The van der Waals surface area contributed by atoms with Gasteiger partial charge in [-0.2, -0.15) is 0 Å². The van der Waals surface area contributed by atoms with E-state index in [0.29, 0.717) is 38.9 Å². The highest BCUT2D eigenvalue weighted by atomic mass is 32.2. The number of terminal acetylenes is 1. The number of fused-ring (bicyclic) bond motifs is 1. The van der Waals surface area contributed by atoms with Crippen molar-refractivity contribution in [2.24, 2.45) is 0 Å². The smallest absolute Gasteiger partial charge is 0.324 e. The van der Waals surface area contributed by atoms with Gasteiger partial charge in [0.15, 0.2) is 0 Å². The second-order valence-electron chi connectivity index (χ2n) is 9.31. The van der Waals surface area contributed by atoms with E-state index in [-0.39, 0.29) is 23.5 Å². The lowest BCUT2D eigenvalue weighted by Crippen LogP contribution is -2.37. The molecule has 206 valence electrons. The minimum atomic E-state index is -4.35. The van der Waals surface area contributed by atoms with Crippen LogP contribution in [0.2, 0.25) is 0 Å². The Labute approximate surface area is 228 Å². The van der Waals surface area contributed by atoms with Gasteiger partial charge < -0.3 is 19.8 Å². The van der Waals surface area contributed by atoms with E-state index in [1.807, 2.05) is 0 Å². The summed E-state index contributed by atoms with van der Waals surface area (Å²) in [5.41, 5.74) is 2.31. The van der Waals surface area contributed by atoms with Crippen LogP contribution in [-0.4, -0.2) is 56.8 Å². The Kier molecular flexibility index (Phi) is 8.77. The normalized spacial score (nSPS) is 12.0. The van der Waals surface area contributed by atoms with E-state index in [2.05, 4.69) is 5.92 Å². The molecule has 0 aliphatic carbocycles.